The maximum absolute atomic E-state index is 12.1. The lowest BCUT2D eigenvalue weighted by Crippen LogP contribution is -2.22. The van der Waals surface area contributed by atoms with Crippen molar-refractivity contribution in [2.24, 2.45) is 0 Å². The van der Waals surface area contributed by atoms with Gasteiger partial charge in [-0.1, -0.05) is 0 Å². The van der Waals surface area contributed by atoms with Gasteiger partial charge in [0.15, 0.2) is 0 Å². The average molecular weight is 344 g/mol. The highest BCUT2D eigenvalue weighted by atomic mass is 16.5. The van der Waals surface area contributed by atoms with Gasteiger partial charge in [0.1, 0.15) is 11.5 Å². The summed E-state index contributed by atoms with van der Waals surface area (Å²) in [4.78, 5) is 23.5. The zero-order valence-corrected chi connectivity index (χ0v) is 14.3. The minimum Gasteiger partial charge on any atom is -0.497 e. The minimum atomic E-state index is -0.408. The van der Waals surface area contributed by atoms with Crippen LogP contribution < -0.4 is 20.1 Å². The lowest BCUT2D eigenvalue weighted by molar-refractivity contribution is -0.114. The van der Waals surface area contributed by atoms with Gasteiger partial charge in [0, 0.05) is 11.8 Å². The van der Waals surface area contributed by atoms with Crippen molar-refractivity contribution in [3.05, 3.63) is 48.0 Å². The summed E-state index contributed by atoms with van der Waals surface area (Å²) in [7, 11) is 4.40. The van der Waals surface area contributed by atoms with Crippen molar-refractivity contribution in [3.8, 4) is 11.5 Å². The second-order valence-corrected chi connectivity index (χ2v) is 5.04. The van der Waals surface area contributed by atoms with Crippen LogP contribution in [0.3, 0.4) is 0 Å². The summed E-state index contributed by atoms with van der Waals surface area (Å²) >= 11 is 0. The zero-order valence-electron chi connectivity index (χ0n) is 14.3. The molecule has 0 aliphatic carbocycles. The summed E-state index contributed by atoms with van der Waals surface area (Å²) in [5, 5.41) is 5.74. The molecule has 0 unspecified atom stereocenters. The molecule has 1 amide bonds. The molecule has 2 aromatic rings. The molecule has 0 spiro atoms. The first kappa shape index (κ1) is 18.1. The van der Waals surface area contributed by atoms with E-state index in [1.54, 1.807) is 49.6 Å². The maximum atomic E-state index is 12.1. The van der Waals surface area contributed by atoms with Crippen molar-refractivity contribution in [2.75, 3.05) is 38.5 Å². The fraction of sp³-hybridized carbons (Fsp3) is 0.222. The molecule has 0 saturated carbocycles. The van der Waals surface area contributed by atoms with Gasteiger partial charge in [-0.3, -0.25) is 4.79 Å². The largest absolute Gasteiger partial charge is 0.497 e. The molecule has 0 saturated heterocycles. The third kappa shape index (κ3) is 4.87. The third-order valence-electron chi connectivity index (χ3n) is 3.44. The standard InChI is InChI=1S/C18H20N2O5/c1-23-14-8-9-16(24-2)15(10-14)20-17(21)11-19-13-6-4-12(5-7-13)18(22)25-3/h4-10,19H,11H2,1-3H3,(H,20,21). The number of nitrogens with one attached hydrogen (secondary N) is 2. The second-order valence-electron chi connectivity index (χ2n) is 5.04. The smallest absolute Gasteiger partial charge is 0.337 e. The second kappa shape index (κ2) is 8.58. The van der Waals surface area contributed by atoms with Gasteiger partial charge in [-0.05, 0) is 36.4 Å². The number of benzene rings is 2. The van der Waals surface area contributed by atoms with E-state index in [0.29, 0.717) is 28.4 Å². The Balaban J connectivity index is 1.96. The molecule has 7 nitrogen and oxygen atoms in total. The van der Waals surface area contributed by atoms with E-state index < -0.39 is 5.97 Å². The molecular weight excluding hydrogens is 324 g/mol. The van der Waals surface area contributed by atoms with E-state index in [2.05, 4.69) is 15.4 Å². The predicted molar refractivity (Wildman–Crippen MR) is 94.4 cm³/mol. The summed E-state index contributed by atoms with van der Waals surface area (Å²) in [5.74, 6) is 0.497. The Morgan fingerprint density at radius 3 is 2.28 bits per heavy atom. The number of rotatable bonds is 7. The average Bonchev–Trinajstić information content (AvgIpc) is 2.66. The highest BCUT2D eigenvalue weighted by Crippen LogP contribution is 2.28. The van der Waals surface area contributed by atoms with E-state index in [1.807, 2.05) is 0 Å². The Hall–Kier alpha value is -3.22. The molecule has 0 aromatic heterocycles. The van der Waals surface area contributed by atoms with Crippen molar-refractivity contribution in [1.82, 2.24) is 0 Å². The number of carbonyl (C=O) groups is 2. The number of hydrogen-bond donors (Lipinski definition) is 2. The minimum absolute atomic E-state index is 0.0535. The Morgan fingerprint density at radius 1 is 0.960 bits per heavy atom. The number of carbonyl (C=O) groups excluding carboxylic acids is 2. The van der Waals surface area contributed by atoms with Crippen molar-refractivity contribution in [2.45, 2.75) is 0 Å². The van der Waals surface area contributed by atoms with Gasteiger partial charge in [-0.25, -0.2) is 4.79 Å². The van der Waals surface area contributed by atoms with Gasteiger partial charge >= 0.3 is 5.97 Å². The van der Waals surface area contributed by atoms with Crippen LogP contribution in [-0.4, -0.2) is 39.8 Å². The highest BCUT2D eigenvalue weighted by molar-refractivity contribution is 5.95. The predicted octanol–water partition coefficient (Wildman–Crippen LogP) is 2.54. The van der Waals surface area contributed by atoms with Crippen LogP contribution in [0.15, 0.2) is 42.5 Å². The molecule has 0 fully saturated rings. The monoisotopic (exact) mass is 344 g/mol. The van der Waals surface area contributed by atoms with Crippen LogP contribution in [0.2, 0.25) is 0 Å². The van der Waals surface area contributed by atoms with Gasteiger partial charge in [-0.15, -0.1) is 0 Å². The number of amides is 1. The van der Waals surface area contributed by atoms with Crippen molar-refractivity contribution >= 4 is 23.3 Å². The Bertz CT molecular complexity index is 744. The highest BCUT2D eigenvalue weighted by Gasteiger charge is 2.09. The molecule has 2 N–H and O–H groups in total. The molecule has 0 aliphatic rings. The fourth-order valence-corrected chi connectivity index (χ4v) is 2.13. The fourth-order valence-electron chi connectivity index (χ4n) is 2.13. The van der Waals surface area contributed by atoms with Crippen LogP contribution in [0.1, 0.15) is 10.4 Å². The molecule has 2 rings (SSSR count). The molecule has 0 atom stereocenters. The van der Waals surface area contributed by atoms with Crippen LogP contribution in [0.5, 0.6) is 11.5 Å². The maximum Gasteiger partial charge on any atom is 0.337 e. The van der Waals surface area contributed by atoms with Crippen LogP contribution in [0.25, 0.3) is 0 Å². The van der Waals surface area contributed by atoms with E-state index in [1.165, 1.54) is 14.2 Å². The number of methoxy groups -OCH3 is 3. The number of ether oxygens (including phenoxy) is 3. The van der Waals surface area contributed by atoms with Crippen LogP contribution >= 0.6 is 0 Å². The summed E-state index contributed by atoms with van der Waals surface area (Å²) in [5.41, 5.74) is 1.67. The Morgan fingerprint density at radius 2 is 1.68 bits per heavy atom. The van der Waals surface area contributed by atoms with Gasteiger partial charge < -0.3 is 24.8 Å². The van der Waals surface area contributed by atoms with E-state index in [4.69, 9.17) is 9.47 Å². The van der Waals surface area contributed by atoms with E-state index >= 15 is 0 Å². The molecular formula is C18H20N2O5. The number of hydrogen-bond acceptors (Lipinski definition) is 6. The number of anilines is 2. The Labute approximate surface area is 145 Å². The van der Waals surface area contributed by atoms with Crippen molar-refractivity contribution in [1.29, 1.82) is 0 Å². The van der Waals surface area contributed by atoms with Crippen molar-refractivity contribution in [3.63, 3.8) is 0 Å². The molecule has 2 aromatic carbocycles. The van der Waals surface area contributed by atoms with Crippen molar-refractivity contribution < 1.29 is 23.8 Å². The molecule has 0 bridgehead atoms. The molecule has 0 heterocycles. The quantitative estimate of drug-likeness (QED) is 0.751. The third-order valence-corrected chi connectivity index (χ3v) is 3.44. The number of esters is 1. The van der Waals surface area contributed by atoms with Crippen LogP contribution in [-0.2, 0) is 9.53 Å². The van der Waals surface area contributed by atoms with Crippen LogP contribution in [0, 0.1) is 0 Å². The lowest BCUT2D eigenvalue weighted by Gasteiger charge is -2.12. The molecule has 0 aliphatic heterocycles. The SMILES string of the molecule is COC(=O)c1ccc(NCC(=O)Nc2cc(OC)ccc2OC)cc1. The van der Waals surface area contributed by atoms with E-state index in [9.17, 15) is 9.59 Å². The summed E-state index contributed by atoms with van der Waals surface area (Å²) in [6.07, 6.45) is 0. The van der Waals surface area contributed by atoms with Gasteiger partial charge in [0.2, 0.25) is 5.91 Å². The molecule has 25 heavy (non-hydrogen) atoms. The first-order chi connectivity index (χ1) is 12.1. The molecule has 7 heteroatoms. The topological polar surface area (TPSA) is 85.9 Å². The summed E-state index contributed by atoms with van der Waals surface area (Å²) in [6, 6.07) is 11.8. The van der Waals surface area contributed by atoms with E-state index in [-0.39, 0.29) is 12.5 Å². The summed E-state index contributed by atoms with van der Waals surface area (Å²) in [6.45, 7) is 0.0535. The van der Waals surface area contributed by atoms with Crippen LogP contribution in [0.4, 0.5) is 11.4 Å². The zero-order chi connectivity index (χ0) is 18.2. The molecule has 132 valence electrons. The lowest BCUT2D eigenvalue weighted by atomic mass is 10.2. The summed E-state index contributed by atoms with van der Waals surface area (Å²) < 4.78 is 15.0. The van der Waals surface area contributed by atoms with E-state index in [0.717, 1.165) is 0 Å². The first-order valence-electron chi connectivity index (χ1n) is 7.51. The van der Waals surface area contributed by atoms with Gasteiger partial charge in [0.25, 0.3) is 0 Å². The first-order valence-corrected chi connectivity index (χ1v) is 7.51. The van der Waals surface area contributed by atoms with Gasteiger partial charge in [0.05, 0.1) is 39.1 Å². The Kier molecular flexibility index (Phi) is 6.22. The molecule has 0 radical (unpaired) electrons. The van der Waals surface area contributed by atoms with Gasteiger partial charge in [-0.2, -0.15) is 0 Å². The normalized spacial score (nSPS) is 9.88.